The maximum absolute atomic E-state index is 13.7. The van der Waals surface area contributed by atoms with Crippen LogP contribution >= 0.6 is 0 Å². The number of ether oxygens (including phenoxy) is 1. The van der Waals surface area contributed by atoms with Gasteiger partial charge in [0.15, 0.2) is 9.84 Å². The molecule has 4 nitrogen and oxygen atoms in total. The molecule has 23 heavy (non-hydrogen) atoms. The van der Waals surface area contributed by atoms with Gasteiger partial charge in [-0.1, -0.05) is 12.1 Å². The van der Waals surface area contributed by atoms with Gasteiger partial charge < -0.3 is 4.74 Å². The van der Waals surface area contributed by atoms with Crippen molar-refractivity contribution in [1.29, 1.82) is 0 Å². The minimum atomic E-state index is -3.62. The molecule has 0 spiro atoms. The lowest BCUT2D eigenvalue weighted by atomic mass is 10.1. The summed E-state index contributed by atoms with van der Waals surface area (Å²) in [4.78, 5) is 12.0. The monoisotopic (exact) mass is 340 g/mol. The van der Waals surface area contributed by atoms with Crippen LogP contribution in [-0.2, 0) is 14.6 Å². The summed E-state index contributed by atoms with van der Waals surface area (Å²) in [5.41, 5.74) is -0.138. The third-order valence-electron chi connectivity index (χ3n) is 3.19. The van der Waals surface area contributed by atoms with Crippen molar-refractivity contribution >= 4 is 15.8 Å². The van der Waals surface area contributed by atoms with Crippen molar-refractivity contribution in [3.8, 4) is 0 Å². The summed E-state index contributed by atoms with van der Waals surface area (Å²) in [7, 11) is -3.62. The van der Waals surface area contributed by atoms with Crippen molar-refractivity contribution in [1.82, 2.24) is 0 Å². The smallest absolute Gasteiger partial charge is 0.340 e. The van der Waals surface area contributed by atoms with Crippen LogP contribution in [0.25, 0.3) is 0 Å². The van der Waals surface area contributed by atoms with E-state index in [0.717, 1.165) is 12.3 Å². The van der Waals surface area contributed by atoms with Crippen LogP contribution in [0.3, 0.4) is 0 Å². The van der Waals surface area contributed by atoms with Gasteiger partial charge in [0, 0.05) is 17.9 Å². The van der Waals surface area contributed by atoms with E-state index in [-0.39, 0.29) is 16.0 Å². The van der Waals surface area contributed by atoms with Crippen LogP contribution in [-0.4, -0.2) is 20.6 Å². The highest BCUT2D eigenvalue weighted by Gasteiger charge is 2.22. The van der Waals surface area contributed by atoms with Gasteiger partial charge in [0.2, 0.25) is 0 Å². The Bertz CT molecular complexity index is 847. The number of benzene rings is 2. The lowest BCUT2D eigenvalue weighted by molar-refractivity contribution is 0.0326. The zero-order chi connectivity index (χ0) is 17.2. The third-order valence-corrected chi connectivity index (χ3v) is 4.35. The fraction of sp³-hybridized carbons (Fsp3) is 0.188. The van der Waals surface area contributed by atoms with E-state index < -0.39 is 33.5 Å². The molecule has 2 rings (SSSR count). The van der Waals surface area contributed by atoms with Gasteiger partial charge in [0.05, 0.1) is 10.5 Å². The molecule has 0 saturated heterocycles. The van der Waals surface area contributed by atoms with Crippen LogP contribution in [0.4, 0.5) is 8.78 Å². The number of sulfone groups is 1. The summed E-state index contributed by atoms with van der Waals surface area (Å²) < 4.78 is 55.1. The number of halogens is 2. The molecule has 0 unspecified atom stereocenters. The van der Waals surface area contributed by atoms with Gasteiger partial charge in [-0.25, -0.2) is 22.0 Å². The summed E-state index contributed by atoms with van der Waals surface area (Å²) in [5.74, 6) is -2.49. The first-order valence-corrected chi connectivity index (χ1v) is 8.54. The zero-order valence-corrected chi connectivity index (χ0v) is 13.2. The maximum atomic E-state index is 13.7. The van der Waals surface area contributed by atoms with E-state index >= 15 is 0 Å². The van der Waals surface area contributed by atoms with Crippen LogP contribution in [0.15, 0.2) is 47.4 Å². The third kappa shape index (κ3) is 3.92. The fourth-order valence-corrected chi connectivity index (χ4v) is 2.95. The normalized spacial score (nSPS) is 12.7. The Balaban J connectivity index is 2.29. The highest BCUT2D eigenvalue weighted by atomic mass is 32.2. The molecular formula is C16H14F2O4S. The molecule has 0 aliphatic rings. The Kier molecular flexibility index (Phi) is 4.79. The Morgan fingerprint density at radius 2 is 1.78 bits per heavy atom. The Morgan fingerprint density at radius 1 is 1.13 bits per heavy atom. The molecule has 122 valence electrons. The number of esters is 1. The van der Waals surface area contributed by atoms with Crippen molar-refractivity contribution in [2.24, 2.45) is 0 Å². The summed E-state index contributed by atoms with van der Waals surface area (Å²) in [5, 5.41) is 0. The van der Waals surface area contributed by atoms with Crippen LogP contribution in [0, 0.1) is 11.6 Å². The molecule has 0 aliphatic heterocycles. The standard InChI is InChI=1S/C16H14F2O4S/c1-10(12-8-7-11(17)9-14(12)18)22-16(19)13-5-3-4-6-15(13)23(2,20)21/h3-10H,1-2H3/t10-/m1/s1. The van der Waals surface area contributed by atoms with Crippen molar-refractivity contribution in [3.63, 3.8) is 0 Å². The van der Waals surface area contributed by atoms with Crippen molar-refractivity contribution in [3.05, 3.63) is 65.2 Å². The quantitative estimate of drug-likeness (QED) is 0.802. The summed E-state index contributed by atoms with van der Waals surface area (Å²) in [6, 6.07) is 8.48. The molecule has 0 aliphatic carbocycles. The second kappa shape index (κ2) is 6.45. The van der Waals surface area contributed by atoms with Gasteiger partial charge in [-0.2, -0.15) is 0 Å². The molecule has 2 aromatic carbocycles. The van der Waals surface area contributed by atoms with E-state index in [9.17, 15) is 22.0 Å². The topological polar surface area (TPSA) is 60.4 Å². The van der Waals surface area contributed by atoms with E-state index in [0.29, 0.717) is 6.07 Å². The number of rotatable bonds is 4. The first-order valence-electron chi connectivity index (χ1n) is 6.65. The van der Waals surface area contributed by atoms with Gasteiger partial charge in [0.1, 0.15) is 17.7 Å². The SMILES string of the molecule is C[C@@H](OC(=O)c1ccccc1S(C)(=O)=O)c1ccc(F)cc1F. The van der Waals surface area contributed by atoms with E-state index in [1.807, 2.05) is 0 Å². The number of carbonyl (C=O) groups is 1. The number of hydrogen-bond donors (Lipinski definition) is 0. The summed E-state index contributed by atoms with van der Waals surface area (Å²) >= 11 is 0. The van der Waals surface area contributed by atoms with Gasteiger partial charge >= 0.3 is 5.97 Å². The second-order valence-electron chi connectivity index (χ2n) is 4.98. The van der Waals surface area contributed by atoms with Gasteiger partial charge in [0.25, 0.3) is 0 Å². The Morgan fingerprint density at radius 3 is 2.39 bits per heavy atom. The molecule has 0 saturated carbocycles. The predicted octanol–water partition coefficient (Wildman–Crippen LogP) is 3.29. The minimum Gasteiger partial charge on any atom is -0.454 e. The first-order chi connectivity index (χ1) is 10.7. The van der Waals surface area contributed by atoms with Crippen molar-refractivity contribution < 1.29 is 26.7 Å². The Labute approximate surface area is 132 Å². The average molecular weight is 340 g/mol. The molecule has 7 heteroatoms. The molecule has 0 N–H and O–H groups in total. The van der Waals surface area contributed by atoms with Crippen LogP contribution in [0.5, 0.6) is 0 Å². The zero-order valence-electron chi connectivity index (χ0n) is 12.4. The van der Waals surface area contributed by atoms with Crippen molar-refractivity contribution in [2.75, 3.05) is 6.26 Å². The van der Waals surface area contributed by atoms with Crippen LogP contribution in [0.1, 0.15) is 28.9 Å². The van der Waals surface area contributed by atoms with E-state index in [2.05, 4.69) is 0 Å². The van der Waals surface area contributed by atoms with Gasteiger partial charge in [-0.3, -0.25) is 0 Å². The molecular weight excluding hydrogens is 326 g/mol. The van der Waals surface area contributed by atoms with Gasteiger partial charge in [-0.15, -0.1) is 0 Å². The molecule has 2 aromatic rings. The maximum Gasteiger partial charge on any atom is 0.340 e. The first kappa shape index (κ1) is 17.1. The lowest BCUT2D eigenvalue weighted by Gasteiger charge is -2.15. The molecule has 0 amide bonds. The number of carbonyl (C=O) groups excluding carboxylic acids is 1. The molecule has 0 heterocycles. The Hall–Kier alpha value is -2.28. The van der Waals surface area contributed by atoms with E-state index in [1.165, 1.54) is 37.3 Å². The molecule has 0 fully saturated rings. The van der Waals surface area contributed by atoms with Crippen LogP contribution < -0.4 is 0 Å². The van der Waals surface area contributed by atoms with Crippen LogP contribution in [0.2, 0.25) is 0 Å². The second-order valence-corrected chi connectivity index (χ2v) is 6.97. The minimum absolute atomic E-state index is 0.00316. The molecule has 0 bridgehead atoms. The fourth-order valence-electron chi connectivity index (χ4n) is 2.08. The molecule has 1 atom stereocenters. The molecule has 0 aromatic heterocycles. The average Bonchev–Trinajstić information content (AvgIpc) is 2.46. The highest BCUT2D eigenvalue weighted by molar-refractivity contribution is 7.90. The van der Waals surface area contributed by atoms with E-state index in [1.54, 1.807) is 0 Å². The van der Waals surface area contributed by atoms with E-state index in [4.69, 9.17) is 4.74 Å². The molecule has 0 radical (unpaired) electrons. The van der Waals surface area contributed by atoms with Crippen molar-refractivity contribution in [2.45, 2.75) is 17.9 Å². The number of hydrogen-bond acceptors (Lipinski definition) is 4. The predicted molar refractivity (Wildman–Crippen MR) is 79.7 cm³/mol. The summed E-state index contributed by atoms with van der Waals surface area (Å²) in [6.45, 7) is 1.41. The van der Waals surface area contributed by atoms with Gasteiger partial charge in [-0.05, 0) is 31.2 Å². The summed E-state index contributed by atoms with van der Waals surface area (Å²) in [6.07, 6.45) is -0.0296. The largest absolute Gasteiger partial charge is 0.454 e. The highest BCUT2D eigenvalue weighted by Crippen LogP contribution is 2.24. The lowest BCUT2D eigenvalue weighted by Crippen LogP contribution is -2.14.